The van der Waals surface area contributed by atoms with Gasteiger partial charge in [-0.15, -0.1) is 11.3 Å². The predicted molar refractivity (Wildman–Crippen MR) is 59.8 cm³/mol. The first-order valence-electron chi connectivity index (χ1n) is 4.51. The summed E-state index contributed by atoms with van der Waals surface area (Å²) < 4.78 is 13.1. The number of hydrogen-bond acceptors (Lipinski definition) is 2. The molecule has 3 heteroatoms. The minimum absolute atomic E-state index is 0.110. The fourth-order valence-electron chi connectivity index (χ4n) is 1.37. The van der Waals surface area contributed by atoms with E-state index >= 15 is 0 Å². The fraction of sp³-hybridized carbons (Fsp3) is 0.0833. The summed E-state index contributed by atoms with van der Waals surface area (Å²) in [5.41, 5.74) is 2.17. The molecule has 0 N–H and O–H groups in total. The van der Waals surface area contributed by atoms with Crippen LogP contribution in [0.5, 0.6) is 0 Å². The summed E-state index contributed by atoms with van der Waals surface area (Å²) in [6.07, 6.45) is 0.541. The van der Waals surface area contributed by atoms with Gasteiger partial charge >= 0.3 is 0 Å². The minimum atomic E-state index is -0.470. The molecule has 1 heterocycles. The van der Waals surface area contributed by atoms with E-state index in [0.717, 1.165) is 10.4 Å². The monoisotopic (exact) mass is 220 g/mol. The van der Waals surface area contributed by atoms with Crippen molar-refractivity contribution < 1.29 is 9.18 Å². The van der Waals surface area contributed by atoms with Crippen molar-refractivity contribution in [1.82, 2.24) is 0 Å². The molecule has 0 fully saturated rings. The number of hydrogen-bond donors (Lipinski definition) is 0. The third kappa shape index (κ3) is 1.97. The quantitative estimate of drug-likeness (QED) is 0.706. The summed E-state index contributed by atoms with van der Waals surface area (Å²) in [4.78, 5) is 11.6. The van der Waals surface area contributed by atoms with Crippen LogP contribution in [0.25, 0.3) is 10.4 Å². The molecule has 0 amide bonds. The van der Waals surface area contributed by atoms with Gasteiger partial charge in [0.25, 0.3) is 0 Å². The van der Waals surface area contributed by atoms with Crippen molar-refractivity contribution in [2.24, 2.45) is 0 Å². The van der Waals surface area contributed by atoms with Crippen molar-refractivity contribution in [2.75, 3.05) is 0 Å². The molecule has 1 nitrogen and oxygen atoms in total. The lowest BCUT2D eigenvalue weighted by Crippen LogP contribution is -1.87. The van der Waals surface area contributed by atoms with E-state index < -0.39 is 5.82 Å². The van der Waals surface area contributed by atoms with Gasteiger partial charge in [0, 0.05) is 4.88 Å². The summed E-state index contributed by atoms with van der Waals surface area (Å²) in [7, 11) is 0. The summed E-state index contributed by atoms with van der Waals surface area (Å²) in [6, 6.07) is 6.61. The van der Waals surface area contributed by atoms with Crippen LogP contribution in [0.4, 0.5) is 4.39 Å². The molecule has 15 heavy (non-hydrogen) atoms. The maximum absolute atomic E-state index is 13.1. The number of aldehydes is 1. The Balaban J connectivity index is 2.50. The molecule has 0 spiro atoms. The second-order valence-corrected chi connectivity index (χ2v) is 4.25. The molecular weight excluding hydrogens is 211 g/mol. The van der Waals surface area contributed by atoms with Crippen LogP contribution < -0.4 is 0 Å². The molecule has 0 unspecified atom stereocenters. The Morgan fingerprint density at radius 2 is 2.13 bits per heavy atom. The van der Waals surface area contributed by atoms with E-state index in [1.54, 1.807) is 23.5 Å². The van der Waals surface area contributed by atoms with Crippen molar-refractivity contribution in [2.45, 2.75) is 6.92 Å². The topological polar surface area (TPSA) is 17.1 Å². The number of halogens is 1. The van der Waals surface area contributed by atoms with Crippen molar-refractivity contribution in [1.29, 1.82) is 0 Å². The van der Waals surface area contributed by atoms with Gasteiger partial charge in [0.05, 0.1) is 5.56 Å². The van der Waals surface area contributed by atoms with Gasteiger partial charge in [-0.1, -0.05) is 6.07 Å². The van der Waals surface area contributed by atoms with Crippen LogP contribution >= 0.6 is 11.3 Å². The normalized spacial score (nSPS) is 10.3. The van der Waals surface area contributed by atoms with Crippen molar-refractivity contribution >= 4 is 17.6 Å². The summed E-state index contributed by atoms with van der Waals surface area (Å²) in [6.45, 7) is 2.00. The van der Waals surface area contributed by atoms with E-state index in [9.17, 15) is 9.18 Å². The smallest absolute Gasteiger partial charge is 0.153 e. The highest BCUT2D eigenvalue weighted by molar-refractivity contribution is 7.13. The number of rotatable bonds is 2. The van der Waals surface area contributed by atoms with Gasteiger partial charge in [0.1, 0.15) is 5.82 Å². The van der Waals surface area contributed by atoms with Crippen LogP contribution in [0.15, 0.2) is 29.6 Å². The molecule has 0 saturated carbocycles. The van der Waals surface area contributed by atoms with Crippen LogP contribution in [-0.2, 0) is 0 Å². The molecule has 0 saturated heterocycles. The molecule has 76 valence electrons. The molecule has 0 aliphatic carbocycles. The van der Waals surface area contributed by atoms with Gasteiger partial charge in [0.15, 0.2) is 6.29 Å². The molecule has 1 aromatic heterocycles. The minimum Gasteiger partial charge on any atom is -0.298 e. The van der Waals surface area contributed by atoms with Crippen LogP contribution in [0.1, 0.15) is 15.9 Å². The molecule has 0 aliphatic heterocycles. The molecule has 0 aliphatic rings. The zero-order chi connectivity index (χ0) is 10.8. The second kappa shape index (κ2) is 3.95. The van der Waals surface area contributed by atoms with Gasteiger partial charge in [-0.2, -0.15) is 0 Å². The Kier molecular flexibility index (Phi) is 2.64. The third-order valence-electron chi connectivity index (χ3n) is 2.14. The Labute approximate surface area is 91.2 Å². The Morgan fingerprint density at radius 1 is 1.33 bits per heavy atom. The molecule has 2 rings (SSSR count). The maximum atomic E-state index is 13.1. The molecule has 0 atom stereocenters. The number of carbonyl (C=O) groups is 1. The number of benzene rings is 1. The lowest BCUT2D eigenvalue weighted by Gasteiger charge is -1.99. The van der Waals surface area contributed by atoms with Gasteiger partial charge in [-0.05, 0) is 41.6 Å². The van der Waals surface area contributed by atoms with Gasteiger partial charge < -0.3 is 0 Å². The van der Waals surface area contributed by atoms with E-state index in [-0.39, 0.29) is 5.56 Å². The van der Waals surface area contributed by atoms with Gasteiger partial charge in [0.2, 0.25) is 0 Å². The summed E-state index contributed by atoms with van der Waals surface area (Å²) >= 11 is 1.59. The van der Waals surface area contributed by atoms with E-state index in [2.05, 4.69) is 0 Å². The molecular formula is C12H9FOS. The number of thiophene rings is 1. The van der Waals surface area contributed by atoms with E-state index in [1.165, 1.54) is 11.6 Å². The number of aryl methyl sites for hydroxylation is 1. The summed E-state index contributed by atoms with van der Waals surface area (Å²) in [5.74, 6) is -0.470. The van der Waals surface area contributed by atoms with E-state index in [4.69, 9.17) is 0 Å². The zero-order valence-electron chi connectivity index (χ0n) is 8.16. The SMILES string of the molecule is Cc1csc(-c2ccc(F)c(C=O)c2)c1. The third-order valence-corrected chi connectivity index (χ3v) is 3.24. The Morgan fingerprint density at radius 3 is 2.73 bits per heavy atom. The highest BCUT2D eigenvalue weighted by atomic mass is 32.1. The molecule has 0 bridgehead atoms. The van der Waals surface area contributed by atoms with Crippen molar-refractivity contribution in [3.8, 4) is 10.4 Å². The highest BCUT2D eigenvalue weighted by Crippen LogP contribution is 2.27. The first kappa shape index (κ1) is 10.1. The fourth-order valence-corrected chi connectivity index (χ4v) is 2.27. The molecule has 1 aromatic carbocycles. The first-order chi connectivity index (χ1) is 7.20. The van der Waals surface area contributed by atoms with Crippen LogP contribution in [0, 0.1) is 12.7 Å². The Hall–Kier alpha value is -1.48. The second-order valence-electron chi connectivity index (χ2n) is 3.34. The van der Waals surface area contributed by atoms with Crippen LogP contribution in [-0.4, -0.2) is 6.29 Å². The van der Waals surface area contributed by atoms with Crippen LogP contribution in [0.2, 0.25) is 0 Å². The Bertz CT molecular complexity index is 502. The van der Waals surface area contributed by atoms with Crippen molar-refractivity contribution in [3.05, 3.63) is 46.6 Å². The average molecular weight is 220 g/mol. The van der Waals surface area contributed by atoms with Crippen molar-refractivity contribution in [3.63, 3.8) is 0 Å². The van der Waals surface area contributed by atoms with Crippen LogP contribution in [0.3, 0.4) is 0 Å². The predicted octanol–water partition coefficient (Wildman–Crippen LogP) is 3.68. The lowest BCUT2D eigenvalue weighted by molar-refractivity contribution is 0.112. The average Bonchev–Trinajstić information content (AvgIpc) is 2.66. The largest absolute Gasteiger partial charge is 0.298 e. The number of carbonyl (C=O) groups excluding carboxylic acids is 1. The van der Waals surface area contributed by atoms with Gasteiger partial charge in [-0.3, -0.25) is 4.79 Å². The lowest BCUT2D eigenvalue weighted by atomic mass is 10.1. The van der Waals surface area contributed by atoms with E-state index in [0.29, 0.717) is 6.29 Å². The standard InChI is InChI=1S/C12H9FOS/c1-8-4-12(15-7-8)9-2-3-11(13)10(5-9)6-14/h2-7H,1H3. The zero-order valence-corrected chi connectivity index (χ0v) is 8.98. The first-order valence-corrected chi connectivity index (χ1v) is 5.39. The maximum Gasteiger partial charge on any atom is 0.153 e. The molecule has 0 radical (unpaired) electrons. The van der Waals surface area contributed by atoms with E-state index in [1.807, 2.05) is 18.4 Å². The summed E-state index contributed by atoms with van der Waals surface area (Å²) in [5, 5.41) is 2.03. The van der Waals surface area contributed by atoms with Gasteiger partial charge in [-0.25, -0.2) is 4.39 Å². The highest BCUT2D eigenvalue weighted by Gasteiger charge is 2.05. The molecule has 2 aromatic rings.